The van der Waals surface area contributed by atoms with Crippen molar-refractivity contribution < 1.29 is 23.9 Å². The molecule has 1 aromatic rings. The highest BCUT2D eigenvalue weighted by Gasteiger charge is 2.27. The van der Waals surface area contributed by atoms with Gasteiger partial charge < -0.3 is 25.0 Å². The van der Waals surface area contributed by atoms with Gasteiger partial charge in [0.05, 0.1) is 18.8 Å². The van der Waals surface area contributed by atoms with Crippen molar-refractivity contribution in [3.63, 3.8) is 0 Å². The number of nitrogens with zero attached hydrogens (tertiary/aromatic N) is 1. The summed E-state index contributed by atoms with van der Waals surface area (Å²) in [6.07, 6.45) is 0.286. The van der Waals surface area contributed by atoms with Gasteiger partial charge in [0.25, 0.3) is 0 Å². The molecule has 1 rings (SSSR count). The van der Waals surface area contributed by atoms with Gasteiger partial charge in [-0.25, -0.2) is 9.59 Å². The predicted octanol–water partition coefficient (Wildman–Crippen LogP) is 2.67. The van der Waals surface area contributed by atoms with Crippen LogP contribution in [0.2, 0.25) is 0 Å². The summed E-state index contributed by atoms with van der Waals surface area (Å²) in [5.41, 5.74) is 0.677. The molecule has 0 unspecified atom stereocenters. The van der Waals surface area contributed by atoms with E-state index in [4.69, 9.17) is 9.47 Å². The lowest BCUT2D eigenvalue weighted by Gasteiger charge is -2.20. The van der Waals surface area contributed by atoms with Crippen LogP contribution in [-0.2, 0) is 14.3 Å². The molecule has 0 atom stereocenters. The molecule has 1 amide bonds. The molecular weight excluding hydrogens is 394 g/mol. The summed E-state index contributed by atoms with van der Waals surface area (Å²) in [7, 11) is 0. The minimum Gasteiger partial charge on any atom is -0.462 e. The van der Waals surface area contributed by atoms with Gasteiger partial charge in [-0.1, -0.05) is 13.8 Å². The first kappa shape index (κ1) is 25.1. The average molecular weight is 428 g/mol. The smallest absolute Gasteiger partial charge is 0.348 e. The van der Waals surface area contributed by atoms with E-state index < -0.39 is 11.9 Å². The Labute approximate surface area is 176 Å². The molecule has 0 saturated heterocycles. The number of anilines is 1. The molecule has 164 valence electrons. The highest BCUT2D eigenvalue weighted by Crippen LogP contribution is 2.34. The van der Waals surface area contributed by atoms with Crippen LogP contribution in [0.4, 0.5) is 5.00 Å². The normalized spacial score (nSPS) is 10.8. The molecule has 9 heteroatoms. The van der Waals surface area contributed by atoms with Crippen molar-refractivity contribution in [2.45, 2.75) is 41.0 Å². The molecule has 8 nitrogen and oxygen atoms in total. The monoisotopic (exact) mass is 427 g/mol. The van der Waals surface area contributed by atoms with Gasteiger partial charge in [-0.15, -0.1) is 11.3 Å². The van der Waals surface area contributed by atoms with Crippen LogP contribution < -0.4 is 10.6 Å². The van der Waals surface area contributed by atoms with Crippen LogP contribution in [0.5, 0.6) is 0 Å². The molecular formula is C20H33N3O5S. The van der Waals surface area contributed by atoms with Gasteiger partial charge in [0, 0.05) is 26.1 Å². The van der Waals surface area contributed by atoms with Gasteiger partial charge in [-0.3, -0.25) is 4.79 Å². The second-order valence-corrected chi connectivity index (χ2v) is 7.31. The quantitative estimate of drug-likeness (QED) is 0.369. The van der Waals surface area contributed by atoms with Crippen molar-refractivity contribution in [1.29, 1.82) is 0 Å². The van der Waals surface area contributed by atoms with Crippen LogP contribution in [-0.4, -0.2) is 68.7 Å². The summed E-state index contributed by atoms with van der Waals surface area (Å²) >= 11 is 1.04. The fraction of sp³-hybridized carbons (Fsp3) is 0.650. The van der Waals surface area contributed by atoms with E-state index in [1.54, 1.807) is 20.8 Å². The van der Waals surface area contributed by atoms with Crippen LogP contribution in [0, 0.1) is 6.92 Å². The third kappa shape index (κ3) is 7.75. The molecule has 1 aromatic heterocycles. The first-order valence-electron chi connectivity index (χ1n) is 10.1. The second-order valence-electron chi connectivity index (χ2n) is 6.29. The third-order valence-corrected chi connectivity index (χ3v) is 5.48. The minimum absolute atomic E-state index is 0.202. The Hall–Kier alpha value is -1.97. The number of rotatable bonds is 13. The van der Waals surface area contributed by atoms with Crippen LogP contribution in [0.15, 0.2) is 0 Å². The highest BCUT2D eigenvalue weighted by molar-refractivity contribution is 7.18. The van der Waals surface area contributed by atoms with Crippen LogP contribution in [0.1, 0.15) is 59.7 Å². The lowest BCUT2D eigenvalue weighted by molar-refractivity contribution is -0.116. The number of thiophene rings is 1. The topological polar surface area (TPSA) is 97.0 Å². The second kappa shape index (κ2) is 13.3. The number of esters is 2. The van der Waals surface area contributed by atoms with Crippen molar-refractivity contribution >= 4 is 34.2 Å². The molecule has 0 aliphatic carbocycles. The first-order valence-corrected chi connectivity index (χ1v) is 10.9. The Morgan fingerprint density at radius 2 is 1.66 bits per heavy atom. The summed E-state index contributed by atoms with van der Waals surface area (Å²) in [6.45, 7) is 13.7. The Morgan fingerprint density at radius 1 is 1.00 bits per heavy atom. The number of nitrogens with one attached hydrogen (secondary N) is 2. The molecule has 0 fully saturated rings. The fourth-order valence-electron chi connectivity index (χ4n) is 2.73. The molecule has 0 aliphatic rings. The van der Waals surface area contributed by atoms with Gasteiger partial charge in [-0.2, -0.15) is 0 Å². The first-order chi connectivity index (χ1) is 13.9. The van der Waals surface area contributed by atoms with E-state index in [0.29, 0.717) is 22.0 Å². The van der Waals surface area contributed by atoms with Crippen molar-refractivity contribution in [2.24, 2.45) is 0 Å². The third-order valence-electron chi connectivity index (χ3n) is 4.30. The van der Waals surface area contributed by atoms with Crippen LogP contribution in [0.3, 0.4) is 0 Å². The van der Waals surface area contributed by atoms with Crippen LogP contribution >= 0.6 is 11.3 Å². The van der Waals surface area contributed by atoms with E-state index in [-0.39, 0.29) is 31.1 Å². The average Bonchev–Trinajstić information content (AvgIpc) is 3.01. The molecule has 29 heavy (non-hydrogen) atoms. The molecule has 0 saturated carbocycles. The predicted molar refractivity (Wildman–Crippen MR) is 115 cm³/mol. The van der Waals surface area contributed by atoms with E-state index in [1.807, 2.05) is 0 Å². The Morgan fingerprint density at radius 3 is 2.24 bits per heavy atom. The van der Waals surface area contributed by atoms with Gasteiger partial charge in [0.1, 0.15) is 9.88 Å². The SMILES string of the molecule is CCNCCN(CC)CCC(=O)Nc1sc(C(=O)OCC)c(C)c1C(=O)OCC. The molecule has 0 aromatic carbocycles. The molecule has 0 aliphatic heterocycles. The van der Waals surface area contributed by atoms with Crippen LogP contribution in [0.25, 0.3) is 0 Å². The number of amides is 1. The Balaban J connectivity index is 2.89. The number of hydrogen-bond donors (Lipinski definition) is 2. The summed E-state index contributed by atoms with van der Waals surface area (Å²) in [4.78, 5) is 39.5. The van der Waals surface area contributed by atoms with Gasteiger partial charge >= 0.3 is 11.9 Å². The summed E-state index contributed by atoms with van der Waals surface area (Å²) < 4.78 is 10.2. The minimum atomic E-state index is -0.562. The van der Waals surface area contributed by atoms with Crippen molar-refractivity contribution in [2.75, 3.05) is 51.3 Å². The number of carbonyl (C=O) groups excluding carboxylic acids is 3. The number of hydrogen-bond acceptors (Lipinski definition) is 8. The lowest BCUT2D eigenvalue weighted by Crippen LogP contribution is -2.34. The Kier molecular flexibility index (Phi) is 11.5. The number of likely N-dealkylation sites (N-methyl/N-ethyl adjacent to an activating group) is 2. The molecule has 0 radical (unpaired) electrons. The van der Waals surface area contributed by atoms with E-state index >= 15 is 0 Å². The Bertz CT molecular complexity index is 690. The van der Waals surface area contributed by atoms with Gasteiger partial charge in [0.15, 0.2) is 0 Å². The van der Waals surface area contributed by atoms with E-state index in [1.165, 1.54) is 0 Å². The van der Waals surface area contributed by atoms with E-state index in [2.05, 4.69) is 29.4 Å². The van der Waals surface area contributed by atoms with Crippen molar-refractivity contribution in [3.8, 4) is 0 Å². The maximum Gasteiger partial charge on any atom is 0.348 e. The number of ether oxygens (including phenoxy) is 2. The zero-order valence-corrected chi connectivity index (χ0v) is 18.9. The molecule has 0 bridgehead atoms. The standard InChI is InChI=1S/C20H33N3O5S/c1-6-21-11-13-23(7-2)12-10-15(24)22-18-16(19(25)27-8-3)14(5)17(29-18)20(26)28-9-4/h21H,6-13H2,1-5H3,(H,22,24). The fourth-order valence-corrected chi connectivity index (χ4v) is 3.84. The highest BCUT2D eigenvalue weighted by atomic mass is 32.1. The lowest BCUT2D eigenvalue weighted by atomic mass is 10.1. The summed E-state index contributed by atoms with van der Waals surface area (Å²) in [5.74, 6) is -1.29. The maximum absolute atomic E-state index is 12.5. The summed E-state index contributed by atoms with van der Waals surface area (Å²) in [5, 5.41) is 6.37. The van der Waals surface area contributed by atoms with Gasteiger partial charge in [0.2, 0.25) is 5.91 Å². The van der Waals surface area contributed by atoms with Crippen molar-refractivity contribution in [1.82, 2.24) is 10.2 Å². The van der Waals surface area contributed by atoms with Crippen molar-refractivity contribution in [3.05, 3.63) is 16.0 Å². The summed E-state index contributed by atoms with van der Waals surface area (Å²) in [6, 6.07) is 0. The molecule has 0 spiro atoms. The zero-order chi connectivity index (χ0) is 21.8. The zero-order valence-electron chi connectivity index (χ0n) is 18.1. The van der Waals surface area contributed by atoms with E-state index in [0.717, 1.165) is 37.5 Å². The number of carbonyl (C=O) groups is 3. The maximum atomic E-state index is 12.5. The van der Waals surface area contributed by atoms with E-state index in [9.17, 15) is 14.4 Å². The largest absolute Gasteiger partial charge is 0.462 e. The molecule has 1 heterocycles. The van der Waals surface area contributed by atoms with Gasteiger partial charge in [-0.05, 0) is 39.4 Å². The molecule has 2 N–H and O–H groups in total.